The highest BCUT2D eigenvalue weighted by Crippen LogP contribution is 2.29. The molecule has 3 rings (SSSR count). The number of nitrogens with zero attached hydrogens (tertiary/aromatic N) is 2. The number of aryl methyl sites for hydroxylation is 1. The van der Waals surface area contributed by atoms with Crippen molar-refractivity contribution in [1.82, 2.24) is 9.13 Å². The van der Waals surface area contributed by atoms with Crippen LogP contribution in [0.15, 0.2) is 40.1 Å². The van der Waals surface area contributed by atoms with Gasteiger partial charge in [0.25, 0.3) is 5.56 Å². The summed E-state index contributed by atoms with van der Waals surface area (Å²) in [6.07, 6.45) is -0.532. The smallest absolute Gasteiger partial charge is 0.333 e. The molecule has 1 saturated heterocycles. The van der Waals surface area contributed by atoms with Gasteiger partial charge in [-0.1, -0.05) is 12.1 Å². The van der Waals surface area contributed by atoms with Gasteiger partial charge >= 0.3 is 11.7 Å². The average molecular weight is 404 g/mol. The van der Waals surface area contributed by atoms with E-state index >= 15 is 0 Å². The van der Waals surface area contributed by atoms with Crippen LogP contribution in [0.5, 0.6) is 5.75 Å². The minimum absolute atomic E-state index is 0.0901. The van der Waals surface area contributed by atoms with Crippen LogP contribution in [0.4, 0.5) is 0 Å². The molecule has 1 fully saturated rings. The van der Waals surface area contributed by atoms with Crippen LogP contribution in [0, 0.1) is 6.92 Å². The standard InChI is InChI=1S/C20H24N2O7/c1-12-9-21(18-8-16(28-13(2)24)17(11-23)29-18)20(26)22(19(12)25)10-14-4-6-15(27-3)7-5-14/h4-7,9,16-18,23H,8,10-11H2,1-3H3/t16-,17+,18+/m0/s1. The first-order valence-corrected chi connectivity index (χ1v) is 9.23. The highest BCUT2D eigenvalue weighted by Gasteiger charge is 2.38. The zero-order chi connectivity index (χ0) is 21.1. The van der Waals surface area contributed by atoms with Gasteiger partial charge in [-0.05, 0) is 24.6 Å². The molecule has 1 N–H and O–H groups in total. The number of aliphatic hydroxyl groups is 1. The third kappa shape index (κ3) is 4.41. The van der Waals surface area contributed by atoms with Crippen molar-refractivity contribution in [1.29, 1.82) is 0 Å². The molecule has 3 atom stereocenters. The van der Waals surface area contributed by atoms with Gasteiger partial charge < -0.3 is 19.3 Å². The van der Waals surface area contributed by atoms with Gasteiger partial charge in [-0.15, -0.1) is 0 Å². The molecular formula is C20H24N2O7. The molecule has 1 aromatic carbocycles. The van der Waals surface area contributed by atoms with Crippen molar-refractivity contribution in [2.45, 2.75) is 45.2 Å². The predicted octanol–water partition coefficient (Wildman–Crippen LogP) is 0.587. The van der Waals surface area contributed by atoms with Crippen molar-refractivity contribution >= 4 is 5.97 Å². The first-order chi connectivity index (χ1) is 13.8. The molecule has 0 spiro atoms. The van der Waals surface area contributed by atoms with Crippen molar-refractivity contribution in [3.05, 3.63) is 62.4 Å². The first-order valence-electron chi connectivity index (χ1n) is 9.23. The van der Waals surface area contributed by atoms with E-state index < -0.39 is 35.7 Å². The second-order valence-electron chi connectivity index (χ2n) is 6.94. The number of aliphatic hydroxyl groups excluding tert-OH is 1. The minimum atomic E-state index is -0.759. The maximum atomic E-state index is 13.0. The van der Waals surface area contributed by atoms with E-state index in [0.717, 1.165) is 10.1 Å². The fourth-order valence-corrected chi connectivity index (χ4v) is 3.39. The van der Waals surface area contributed by atoms with Gasteiger partial charge in [-0.2, -0.15) is 0 Å². The molecule has 0 amide bonds. The Hall–Kier alpha value is -2.91. The van der Waals surface area contributed by atoms with Crippen molar-refractivity contribution in [3.8, 4) is 5.75 Å². The van der Waals surface area contributed by atoms with E-state index in [1.807, 2.05) is 0 Å². The lowest BCUT2D eigenvalue weighted by molar-refractivity contribution is -0.150. The lowest BCUT2D eigenvalue weighted by Crippen LogP contribution is -2.42. The Kier molecular flexibility index (Phi) is 6.19. The van der Waals surface area contributed by atoms with Gasteiger partial charge in [0.05, 0.1) is 20.3 Å². The molecule has 1 aliphatic rings. The summed E-state index contributed by atoms with van der Waals surface area (Å²) in [6.45, 7) is 2.62. The third-order valence-corrected chi connectivity index (χ3v) is 4.85. The van der Waals surface area contributed by atoms with Crippen LogP contribution >= 0.6 is 0 Å². The van der Waals surface area contributed by atoms with Gasteiger partial charge in [0.1, 0.15) is 24.2 Å². The lowest BCUT2D eigenvalue weighted by Gasteiger charge is -2.17. The zero-order valence-electron chi connectivity index (χ0n) is 16.5. The van der Waals surface area contributed by atoms with E-state index in [2.05, 4.69) is 0 Å². The monoisotopic (exact) mass is 404 g/mol. The number of carbonyl (C=O) groups excluding carboxylic acids is 1. The van der Waals surface area contributed by atoms with Gasteiger partial charge in [-0.25, -0.2) is 4.79 Å². The Balaban J connectivity index is 1.94. The second-order valence-corrected chi connectivity index (χ2v) is 6.94. The Labute approximate surface area is 167 Å². The quantitative estimate of drug-likeness (QED) is 0.702. The number of esters is 1. The fourth-order valence-electron chi connectivity index (χ4n) is 3.39. The number of carbonyl (C=O) groups is 1. The molecule has 0 unspecified atom stereocenters. The SMILES string of the molecule is COc1ccc(Cn2c(=O)c(C)cn([C@H]3C[C@H](OC(C)=O)[C@@H](CO)O3)c2=O)cc1. The second kappa shape index (κ2) is 8.62. The fraction of sp³-hybridized carbons (Fsp3) is 0.450. The summed E-state index contributed by atoms with van der Waals surface area (Å²) in [7, 11) is 1.56. The summed E-state index contributed by atoms with van der Waals surface area (Å²) < 4.78 is 18.5. The molecule has 0 bridgehead atoms. The van der Waals surface area contributed by atoms with E-state index in [-0.39, 0.29) is 19.6 Å². The van der Waals surface area contributed by atoms with Crippen molar-refractivity contribution in [2.75, 3.05) is 13.7 Å². The molecule has 1 aromatic heterocycles. The first kappa shape index (κ1) is 20.8. The zero-order valence-corrected chi connectivity index (χ0v) is 16.5. The summed E-state index contributed by atoms with van der Waals surface area (Å²) in [5.74, 6) is 0.180. The maximum Gasteiger partial charge on any atom is 0.333 e. The van der Waals surface area contributed by atoms with Crippen molar-refractivity contribution in [2.24, 2.45) is 0 Å². The Morgan fingerprint density at radius 3 is 2.55 bits per heavy atom. The Morgan fingerprint density at radius 1 is 1.28 bits per heavy atom. The number of hydrogen-bond donors (Lipinski definition) is 1. The molecule has 9 heteroatoms. The van der Waals surface area contributed by atoms with Crippen LogP contribution in [-0.2, 0) is 20.8 Å². The number of rotatable bonds is 6. The molecule has 1 aliphatic heterocycles. The topological polar surface area (TPSA) is 109 Å². The van der Waals surface area contributed by atoms with E-state index in [4.69, 9.17) is 14.2 Å². The van der Waals surface area contributed by atoms with Crippen LogP contribution < -0.4 is 16.0 Å². The molecule has 0 saturated carbocycles. The highest BCUT2D eigenvalue weighted by molar-refractivity contribution is 5.66. The number of methoxy groups -OCH3 is 1. The third-order valence-electron chi connectivity index (χ3n) is 4.85. The van der Waals surface area contributed by atoms with Gasteiger partial charge in [-0.3, -0.25) is 18.7 Å². The summed E-state index contributed by atoms with van der Waals surface area (Å²) in [5.41, 5.74) is 0.204. The van der Waals surface area contributed by atoms with Crippen molar-refractivity contribution in [3.63, 3.8) is 0 Å². The maximum absolute atomic E-state index is 13.0. The highest BCUT2D eigenvalue weighted by atomic mass is 16.6. The van der Waals surface area contributed by atoms with Gasteiger partial charge in [0.15, 0.2) is 0 Å². The van der Waals surface area contributed by atoms with Gasteiger partial charge in [0, 0.05) is 25.1 Å². The summed E-state index contributed by atoms with van der Waals surface area (Å²) in [6, 6.07) is 7.07. The Bertz CT molecular complexity index is 993. The van der Waals surface area contributed by atoms with Crippen LogP contribution in [0.3, 0.4) is 0 Å². The molecule has 156 valence electrons. The molecule has 2 heterocycles. The predicted molar refractivity (Wildman–Crippen MR) is 103 cm³/mol. The van der Waals surface area contributed by atoms with E-state index in [9.17, 15) is 19.5 Å². The summed E-state index contributed by atoms with van der Waals surface area (Å²) in [5, 5.41) is 9.51. The average Bonchev–Trinajstić information content (AvgIpc) is 3.10. The van der Waals surface area contributed by atoms with Crippen LogP contribution in [0.1, 0.15) is 30.7 Å². The van der Waals surface area contributed by atoms with Crippen LogP contribution in [-0.4, -0.2) is 46.1 Å². The molecular weight excluding hydrogens is 380 g/mol. The molecule has 0 radical (unpaired) electrons. The minimum Gasteiger partial charge on any atom is -0.497 e. The molecule has 0 aliphatic carbocycles. The number of ether oxygens (including phenoxy) is 3. The summed E-state index contributed by atoms with van der Waals surface area (Å²) >= 11 is 0. The van der Waals surface area contributed by atoms with Crippen LogP contribution in [0.25, 0.3) is 0 Å². The molecule has 2 aromatic rings. The lowest BCUT2D eigenvalue weighted by atomic mass is 10.2. The number of hydrogen-bond acceptors (Lipinski definition) is 7. The molecule has 29 heavy (non-hydrogen) atoms. The molecule has 9 nitrogen and oxygen atoms in total. The van der Waals surface area contributed by atoms with E-state index in [1.54, 1.807) is 38.3 Å². The number of aromatic nitrogens is 2. The van der Waals surface area contributed by atoms with Gasteiger partial charge in [0.2, 0.25) is 0 Å². The summed E-state index contributed by atoms with van der Waals surface area (Å²) in [4.78, 5) is 36.9. The normalized spacial score (nSPS) is 21.2. The largest absolute Gasteiger partial charge is 0.497 e. The van der Waals surface area contributed by atoms with E-state index in [1.165, 1.54) is 17.7 Å². The Morgan fingerprint density at radius 2 is 1.97 bits per heavy atom. The number of benzene rings is 1. The van der Waals surface area contributed by atoms with Crippen LogP contribution in [0.2, 0.25) is 0 Å². The van der Waals surface area contributed by atoms with Crippen molar-refractivity contribution < 1.29 is 24.1 Å². The van der Waals surface area contributed by atoms with E-state index in [0.29, 0.717) is 11.3 Å².